The fourth-order valence-electron chi connectivity index (χ4n) is 2.35. The van der Waals surface area contributed by atoms with Gasteiger partial charge in [0.2, 0.25) is 5.91 Å². The Bertz CT molecular complexity index is 693. The highest BCUT2D eigenvalue weighted by molar-refractivity contribution is 5.76. The first kappa shape index (κ1) is 17.4. The van der Waals surface area contributed by atoms with Gasteiger partial charge in [-0.15, -0.1) is 0 Å². The number of aromatic nitrogens is 1. The minimum Gasteiger partial charge on any atom is -0.450 e. The second-order valence-corrected chi connectivity index (χ2v) is 5.18. The predicted molar refractivity (Wildman–Crippen MR) is 82.5 cm³/mol. The molecule has 1 saturated heterocycles. The largest absolute Gasteiger partial charge is 0.450 e. The molecule has 2 heterocycles. The van der Waals surface area contributed by atoms with Crippen LogP contribution in [0.1, 0.15) is 6.92 Å². The van der Waals surface area contributed by atoms with E-state index in [1.807, 2.05) is 0 Å². The second kappa shape index (κ2) is 7.57. The van der Waals surface area contributed by atoms with Crippen LogP contribution in [0.25, 0.3) is 0 Å². The molecule has 2 amide bonds. The summed E-state index contributed by atoms with van der Waals surface area (Å²) in [5, 5.41) is 10.8. The molecule has 0 saturated carbocycles. The van der Waals surface area contributed by atoms with E-state index >= 15 is 0 Å². The Balaban J connectivity index is 1.97. The van der Waals surface area contributed by atoms with Gasteiger partial charge in [0.1, 0.15) is 6.54 Å². The molecule has 10 heteroatoms. The number of nitro groups is 1. The lowest BCUT2D eigenvalue weighted by atomic mass is 10.3. The van der Waals surface area contributed by atoms with Crippen LogP contribution in [0.4, 0.5) is 10.5 Å². The van der Waals surface area contributed by atoms with E-state index in [-0.39, 0.29) is 24.7 Å². The van der Waals surface area contributed by atoms with E-state index in [0.29, 0.717) is 26.2 Å². The topological polar surface area (TPSA) is 115 Å². The quantitative estimate of drug-likeness (QED) is 0.566. The van der Waals surface area contributed by atoms with Crippen molar-refractivity contribution in [1.29, 1.82) is 0 Å². The monoisotopic (exact) mass is 338 g/mol. The minimum absolute atomic E-state index is 0.255. The van der Waals surface area contributed by atoms with E-state index in [1.54, 1.807) is 6.92 Å². The molecule has 1 aromatic rings. The molecule has 2 rings (SSSR count). The third kappa shape index (κ3) is 4.09. The van der Waals surface area contributed by atoms with E-state index in [9.17, 15) is 24.5 Å². The number of carbonyl (C=O) groups is 2. The number of hydrogen-bond donors (Lipinski definition) is 0. The molecule has 0 atom stereocenters. The van der Waals surface area contributed by atoms with Crippen LogP contribution < -0.4 is 5.56 Å². The molecule has 0 aliphatic carbocycles. The first-order valence-electron chi connectivity index (χ1n) is 7.46. The van der Waals surface area contributed by atoms with Gasteiger partial charge in [-0.25, -0.2) is 4.79 Å². The Labute approximate surface area is 137 Å². The number of nitrogens with zero attached hydrogens (tertiary/aromatic N) is 4. The molecule has 1 aliphatic heterocycles. The van der Waals surface area contributed by atoms with Crippen LogP contribution in [0.3, 0.4) is 0 Å². The molecule has 1 aromatic heterocycles. The normalized spacial score (nSPS) is 14.4. The molecule has 10 nitrogen and oxygen atoms in total. The zero-order chi connectivity index (χ0) is 17.7. The Morgan fingerprint density at radius 3 is 2.42 bits per heavy atom. The first-order valence-corrected chi connectivity index (χ1v) is 7.46. The highest BCUT2D eigenvalue weighted by Crippen LogP contribution is 2.08. The van der Waals surface area contributed by atoms with Crippen LogP contribution in [0.2, 0.25) is 0 Å². The molecule has 24 heavy (non-hydrogen) atoms. The minimum atomic E-state index is -0.626. The molecule has 1 fully saturated rings. The maximum absolute atomic E-state index is 12.3. The van der Waals surface area contributed by atoms with Crippen molar-refractivity contribution in [2.45, 2.75) is 13.5 Å². The number of carbonyl (C=O) groups excluding carboxylic acids is 2. The van der Waals surface area contributed by atoms with E-state index in [4.69, 9.17) is 4.74 Å². The molecule has 0 spiro atoms. The lowest BCUT2D eigenvalue weighted by molar-refractivity contribution is -0.385. The Kier molecular flexibility index (Phi) is 5.51. The van der Waals surface area contributed by atoms with Crippen molar-refractivity contribution in [3.8, 4) is 0 Å². The average Bonchev–Trinajstić information content (AvgIpc) is 2.57. The van der Waals surface area contributed by atoms with E-state index in [2.05, 4.69) is 0 Å². The third-order valence-corrected chi connectivity index (χ3v) is 3.64. The summed E-state index contributed by atoms with van der Waals surface area (Å²) in [4.78, 5) is 48.7. The van der Waals surface area contributed by atoms with Gasteiger partial charge in [0.25, 0.3) is 11.2 Å². The van der Waals surface area contributed by atoms with E-state index < -0.39 is 16.6 Å². The van der Waals surface area contributed by atoms with Crippen LogP contribution in [0.5, 0.6) is 0 Å². The van der Waals surface area contributed by atoms with Crippen LogP contribution in [-0.4, -0.2) is 64.1 Å². The van der Waals surface area contributed by atoms with Gasteiger partial charge in [-0.2, -0.15) is 0 Å². The lowest BCUT2D eigenvalue weighted by Gasteiger charge is -2.34. The summed E-state index contributed by atoms with van der Waals surface area (Å²) >= 11 is 0. The molecular weight excluding hydrogens is 320 g/mol. The smallest absolute Gasteiger partial charge is 0.409 e. The number of ether oxygens (including phenoxy) is 1. The number of amides is 2. The van der Waals surface area contributed by atoms with Crippen molar-refractivity contribution in [3.05, 3.63) is 38.8 Å². The molecule has 1 aliphatic rings. The fraction of sp³-hybridized carbons (Fsp3) is 0.500. The first-order chi connectivity index (χ1) is 11.4. The van der Waals surface area contributed by atoms with Crippen LogP contribution in [0, 0.1) is 10.1 Å². The summed E-state index contributed by atoms with van der Waals surface area (Å²) < 4.78 is 5.91. The summed E-state index contributed by atoms with van der Waals surface area (Å²) in [5.74, 6) is -0.332. The summed E-state index contributed by atoms with van der Waals surface area (Å²) in [5.41, 5.74) is -0.742. The van der Waals surface area contributed by atoms with Gasteiger partial charge in [-0.3, -0.25) is 24.3 Å². The van der Waals surface area contributed by atoms with E-state index in [1.165, 1.54) is 9.80 Å². The number of piperazine rings is 1. The van der Waals surface area contributed by atoms with Gasteiger partial charge in [0, 0.05) is 38.3 Å². The van der Waals surface area contributed by atoms with Gasteiger partial charge in [-0.1, -0.05) is 0 Å². The molecule has 130 valence electrons. The van der Waals surface area contributed by atoms with Gasteiger partial charge in [0.05, 0.1) is 17.7 Å². The maximum atomic E-state index is 12.3. The highest BCUT2D eigenvalue weighted by atomic mass is 16.6. The number of hydrogen-bond acceptors (Lipinski definition) is 6. The molecular formula is C14H18N4O6. The fourth-order valence-corrected chi connectivity index (χ4v) is 2.35. The molecule has 0 bridgehead atoms. The maximum Gasteiger partial charge on any atom is 0.409 e. The highest BCUT2D eigenvalue weighted by Gasteiger charge is 2.25. The molecule has 0 radical (unpaired) electrons. The summed E-state index contributed by atoms with van der Waals surface area (Å²) in [6.07, 6.45) is 0.634. The zero-order valence-electron chi connectivity index (χ0n) is 13.2. The zero-order valence-corrected chi connectivity index (χ0v) is 13.2. The standard InChI is InChI=1S/C14H18N4O6/c1-2-24-14(21)16-7-5-15(6-8-16)13(20)10-17-9-11(18(22)23)3-4-12(17)19/h3-4,9H,2,5-8,10H2,1H3. The van der Waals surface area contributed by atoms with Crippen LogP contribution in [0.15, 0.2) is 23.1 Å². The van der Waals surface area contributed by atoms with E-state index in [0.717, 1.165) is 22.9 Å². The number of pyridine rings is 1. The molecule has 0 aromatic carbocycles. The summed E-state index contributed by atoms with van der Waals surface area (Å²) in [7, 11) is 0. The second-order valence-electron chi connectivity index (χ2n) is 5.18. The van der Waals surface area contributed by atoms with Crippen LogP contribution in [-0.2, 0) is 16.1 Å². The molecule has 0 unspecified atom stereocenters. The Morgan fingerprint density at radius 2 is 1.83 bits per heavy atom. The average molecular weight is 338 g/mol. The van der Waals surface area contributed by atoms with Crippen molar-refractivity contribution >= 4 is 17.7 Å². The number of rotatable bonds is 4. The van der Waals surface area contributed by atoms with Crippen molar-refractivity contribution in [2.75, 3.05) is 32.8 Å². The van der Waals surface area contributed by atoms with Gasteiger partial charge < -0.3 is 14.5 Å². The summed E-state index contributed by atoms with van der Waals surface area (Å²) in [6.45, 7) is 3.05. The van der Waals surface area contributed by atoms with Gasteiger partial charge in [-0.05, 0) is 6.92 Å². The summed E-state index contributed by atoms with van der Waals surface area (Å²) in [6, 6.07) is 2.16. The SMILES string of the molecule is CCOC(=O)N1CCN(C(=O)Cn2cc([N+](=O)[O-])ccc2=O)CC1. The lowest BCUT2D eigenvalue weighted by Crippen LogP contribution is -2.51. The van der Waals surface area contributed by atoms with Crippen molar-refractivity contribution in [3.63, 3.8) is 0 Å². The van der Waals surface area contributed by atoms with Crippen LogP contribution >= 0.6 is 0 Å². The third-order valence-electron chi connectivity index (χ3n) is 3.64. The van der Waals surface area contributed by atoms with Crippen molar-refractivity contribution in [1.82, 2.24) is 14.4 Å². The Hall–Kier alpha value is -2.91. The predicted octanol–water partition coefficient (Wildman–Crippen LogP) is 0.0572. The van der Waals surface area contributed by atoms with Crippen molar-refractivity contribution in [2.24, 2.45) is 0 Å². The van der Waals surface area contributed by atoms with Gasteiger partial charge in [0.15, 0.2) is 0 Å². The van der Waals surface area contributed by atoms with Crippen molar-refractivity contribution < 1.29 is 19.2 Å². The Morgan fingerprint density at radius 1 is 1.21 bits per heavy atom. The molecule has 0 N–H and O–H groups in total. The van der Waals surface area contributed by atoms with Gasteiger partial charge >= 0.3 is 6.09 Å².